The van der Waals surface area contributed by atoms with E-state index in [9.17, 15) is 0 Å². The van der Waals surface area contributed by atoms with Gasteiger partial charge in [0, 0.05) is 0 Å². The minimum Gasteiger partial charge on any atom is -0.701 e. The molecule has 1 aliphatic heterocycles. The molecule has 1 saturated heterocycles. The van der Waals surface area contributed by atoms with Gasteiger partial charge in [0.05, 0.1) is 16.1 Å². The van der Waals surface area contributed by atoms with Crippen molar-refractivity contribution >= 4 is 49.1 Å². The summed E-state index contributed by atoms with van der Waals surface area (Å²) in [4.78, 5) is 0. The Hall–Kier alpha value is 1.06. The van der Waals surface area contributed by atoms with Crippen LogP contribution < -0.4 is 0 Å². The summed E-state index contributed by atoms with van der Waals surface area (Å²) < 4.78 is 9.75. The zero-order valence-electron chi connectivity index (χ0n) is 23.8. The summed E-state index contributed by atoms with van der Waals surface area (Å²) in [5.41, 5.74) is 4.99. The first-order valence-corrected chi connectivity index (χ1v) is 31.3. The fourth-order valence-electron chi connectivity index (χ4n) is 2.55. The van der Waals surface area contributed by atoms with Crippen LogP contribution in [0, 0.1) is 23.9 Å². The van der Waals surface area contributed by atoms with Gasteiger partial charge < -0.3 is 33.2 Å². The van der Waals surface area contributed by atoms with Gasteiger partial charge in [-0.2, -0.15) is 0 Å². The van der Waals surface area contributed by atoms with Gasteiger partial charge in [0.15, 0.2) is 0 Å². The van der Waals surface area contributed by atoms with E-state index in [2.05, 4.69) is 116 Å². The number of rotatable bonds is 2. The Kier molecular flexibility index (Phi) is 19.2. The Morgan fingerprint density at radius 1 is 0.613 bits per heavy atom. The van der Waals surface area contributed by atoms with Gasteiger partial charge in [0.2, 0.25) is 0 Å². The molecule has 1 fully saturated rings. The average molecular weight is 561 g/mol. The van der Waals surface area contributed by atoms with Crippen LogP contribution in [0.3, 0.4) is 0 Å². The van der Waals surface area contributed by atoms with Crippen molar-refractivity contribution in [3.05, 3.63) is 22.1 Å². The molecule has 0 radical (unpaired) electrons. The summed E-state index contributed by atoms with van der Waals surface area (Å²) >= 11 is 0. The van der Waals surface area contributed by atoms with Crippen molar-refractivity contribution in [2.24, 2.45) is 0 Å². The summed E-state index contributed by atoms with van der Waals surface area (Å²) in [5.74, 6) is 0. The maximum atomic E-state index is 6.67. The molecule has 0 amide bonds. The molecule has 0 aliphatic carbocycles. The van der Waals surface area contributed by atoms with E-state index < -0.39 is 49.1 Å². The molecule has 2 nitrogen and oxygen atoms in total. The minimum atomic E-state index is -1.21. The monoisotopic (exact) mass is 560 g/mol. The van der Waals surface area contributed by atoms with Crippen molar-refractivity contribution in [1.29, 1.82) is 0 Å². The summed E-state index contributed by atoms with van der Waals surface area (Å²) in [7, 11) is -6.62. The van der Waals surface area contributed by atoms with Crippen LogP contribution >= 0.6 is 0 Å². The second-order valence-corrected chi connectivity index (χ2v) is 41.7. The van der Waals surface area contributed by atoms with Gasteiger partial charge in [-0.25, -0.2) is 0 Å². The third-order valence-electron chi connectivity index (χ3n) is 3.37. The average Bonchev–Trinajstić information content (AvgIpc) is 2.67. The first-order valence-electron chi connectivity index (χ1n) is 11.1. The van der Waals surface area contributed by atoms with Gasteiger partial charge in [-0.05, 0) is 0 Å². The Bertz CT molecular complexity index is 516. The van der Waals surface area contributed by atoms with Crippen molar-refractivity contribution in [2.75, 3.05) is 0 Å². The third-order valence-corrected chi connectivity index (χ3v) is 18.5. The van der Waals surface area contributed by atoms with E-state index in [-0.39, 0.29) is 21.7 Å². The molecule has 178 valence electrons. The van der Waals surface area contributed by atoms with Crippen molar-refractivity contribution in [3.63, 3.8) is 0 Å². The number of nitrogens with zero attached hydrogens (tertiary/aromatic N) is 2. The molecule has 1 aliphatic rings. The smallest absolute Gasteiger partial charge is 0.701 e. The van der Waals surface area contributed by atoms with E-state index in [1.54, 1.807) is 0 Å². The van der Waals surface area contributed by atoms with Crippen LogP contribution in [0.4, 0.5) is 0 Å². The van der Waals surface area contributed by atoms with E-state index in [0.29, 0.717) is 0 Å². The molecule has 0 bridgehead atoms. The fraction of sp³-hybridized carbons (Fsp3) is 0.818. The molecule has 0 atom stereocenters. The predicted molar refractivity (Wildman–Crippen MR) is 159 cm³/mol. The van der Waals surface area contributed by atoms with Crippen LogP contribution in [-0.4, -0.2) is 49.1 Å². The first-order chi connectivity index (χ1) is 12.7. The van der Waals surface area contributed by atoms with Crippen LogP contribution in [0.1, 0.15) is 0 Å². The molecule has 0 saturated carbocycles. The summed E-state index contributed by atoms with van der Waals surface area (Å²) in [6.07, 6.45) is 13.3. The Balaban J connectivity index is -0.000000158. The van der Waals surface area contributed by atoms with E-state index in [1.165, 1.54) is 12.1 Å². The van der Waals surface area contributed by atoms with Gasteiger partial charge in [-0.15, -0.1) is 0 Å². The fourth-order valence-corrected chi connectivity index (χ4v) is 22.9. The quantitative estimate of drug-likeness (QED) is 0.183. The van der Waals surface area contributed by atoms with E-state index in [0.717, 1.165) is 0 Å². The number of hydrogen-bond donors (Lipinski definition) is 0. The maximum absolute atomic E-state index is 6.67. The summed E-state index contributed by atoms with van der Waals surface area (Å²) in [6, 6.07) is 2.90. The first kappa shape index (κ1) is 39.3. The van der Waals surface area contributed by atoms with Crippen molar-refractivity contribution in [3.8, 4) is 11.1 Å². The molecule has 1 rings (SSSR count). The molecule has 9 heteroatoms. The van der Waals surface area contributed by atoms with Crippen LogP contribution in [0.15, 0.2) is 0 Å². The Morgan fingerprint density at radius 3 is 0.839 bits per heavy atom. The molecular formula is C22H52N2Si6Ti. The zero-order chi connectivity index (χ0) is 25.2. The van der Waals surface area contributed by atoms with Gasteiger partial charge in [0.1, 0.15) is 0 Å². The van der Waals surface area contributed by atoms with Crippen LogP contribution in [0.2, 0.25) is 117 Å². The maximum Gasteiger partial charge on any atom is 4.00 e. The Morgan fingerprint density at radius 2 is 0.806 bits per heavy atom. The van der Waals surface area contributed by atoms with Crippen LogP contribution in [0.5, 0.6) is 0 Å². The van der Waals surface area contributed by atoms with Gasteiger partial charge in [-0.1, -0.05) is 150 Å². The third kappa shape index (κ3) is 38.6. The summed E-state index contributed by atoms with van der Waals surface area (Å²) in [6.45, 7) is 35.8. The topological polar surface area (TPSA) is 28.2 Å². The Labute approximate surface area is 219 Å². The van der Waals surface area contributed by atoms with E-state index in [1.807, 2.05) is 0 Å². The molecule has 0 aromatic rings. The molecule has 0 aromatic carbocycles. The van der Waals surface area contributed by atoms with Crippen LogP contribution in [0.25, 0.3) is 9.30 Å². The largest absolute Gasteiger partial charge is 4.00 e. The second kappa shape index (κ2) is 15.1. The van der Waals surface area contributed by atoms with Gasteiger partial charge in [0.25, 0.3) is 0 Å². The summed E-state index contributed by atoms with van der Waals surface area (Å²) in [5, 5.41) is 0. The molecule has 0 unspecified atom stereocenters. The van der Waals surface area contributed by atoms with Crippen molar-refractivity contribution in [1.82, 2.24) is 0 Å². The standard InChI is InChI=1S/C6H16NSi2.C6H18NSi2.2C5H9Si.Ti/c1-8(2)5-6-9(3,4)7-8;1-8(2,3)7-9(4,5)6;2*1-5-6(2,3)4;/h5-6H2,1-4H3;1-6H3;2*2-4H3;/q4*-1;+4. The van der Waals surface area contributed by atoms with E-state index >= 15 is 0 Å². The number of hydrogen-bond acceptors (Lipinski definition) is 0. The normalized spacial score (nSPS) is 17.0. The van der Waals surface area contributed by atoms with Gasteiger partial charge in [-0.3, -0.25) is 0 Å². The SMILES string of the molecule is C[Si](C)(C)[N-][Si](C)(C)C.C[Si]1(C)CC[Si](C)(C)[N-]1.[C-]#C[Si](C)(C)C.[C-]#C[Si](C)(C)C.[Ti+4]. The zero-order valence-corrected chi connectivity index (χ0v) is 31.4. The molecule has 0 spiro atoms. The van der Waals surface area contributed by atoms with Crippen molar-refractivity contribution in [2.45, 2.75) is 117 Å². The van der Waals surface area contributed by atoms with Crippen molar-refractivity contribution < 1.29 is 21.7 Å². The minimum absolute atomic E-state index is 0. The molecule has 31 heavy (non-hydrogen) atoms. The molecular weight excluding hydrogens is 509 g/mol. The van der Waals surface area contributed by atoms with Crippen LogP contribution in [-0.2, 0) is 21.7 Å². The van der Waals surface area contributed by atoms with Gasteiger partial charge >= 0.3 is 21.7 Å². The van der Waals surface area contributed by atoms with E-state index in [4.69, 9.17) is 22.1 Å². The second-order valence-electron chi connectivity index (χ2n) is 13.4. The predicted octanol–water partition coefficient (Wildman–Crippen LogP) is 8.72. The molecule has 0 aromatic heterocycles. The molecule has 0 N–H and O–H groups in total. The molecule has 1 heterocycles.